The molecule has 0 N–H and O–H groups in total. The normalized spacial score (nSPS) is 10.9. The van der Waals surface area contributed by atoms with Crippen LogP contribution < -0.4 is 0 Å². The predicted octanol–water partition coefficient (Wildman–Crippen LogP) is 3.33. The van der Waals surface area contributed by atoms with Gasteiger partial charge >= 0.3 is 0 Å². The molecule has 1 nitrogen and oxygen atoms in total. The van der Waals surface area contributed by atoms with Gasteiger partial charge in [0.2, 0.25) is 0 Å². The van der Waals surface area contributed by atoms with Crippen molar-refractivity contribution in [2.75, 3.05) is 0 Å². The zero-order chi connectivity index (χ0) is 13.6. The molecule has 0 saturated heterocycles. The summed E-state index contributed by atoms with van der Waals surface area (Å²) < 4.78 is 0. The lowest BCUT2D eigenvalue weighted by Gasteiger charge is -2.28. The van der Waals surface area contributed by atoms with Crippen molar-refractivity contribution in [3.63, 3.8) is 0 Å². The topological polar surface area (TPSA) is 23.8 Å². The first-order chi connectivity index (χ1) is 9.33. The van der Waals surface area contributed by atoms with Crippen molar-refractivity contribution in [1.29, 1.82) is 5.26 Å². The van der Waals surface area contributed by atoms with Gasteiger partial charge in [0.1, 0.15) is 13.3 Å². The molecule has 0 saturated carbocycles. The molecular formula is C17H18BN. The largest absolute Gasteiger partial charge is 0.197 e. The predicted molar refractivity (Wildman–Crippen MR) is 81.9 cm³/mol. The van der Waals surface area contributed by atoms with Crippen LogP contribution in [-0.2, 0) is 5.41 Å². The van der Waals surface area contributed by atoms with E-state index in [4.69, 9.17) is 0 Å². The Kier molecular flexibility index (Phi) is 4.41. The first kappa shape index (κ1) is 13.4. The van der Waals surface area contributed by atoms with E-state index in [-0.39, 0.29) is 0 Å². The van der Waals surface area contributed by atoms with E-state index >= 15 is 0 Å². The number of hydrogen-bond donors (Lipinski definition) is 0. The highest BCUT2D eigenvalue weighted by molar-refractivity contribution is 6.08. The fourth-order valence-corrected chi connectivity index (χ4v) is 2.53. The third-order valence-corrected chi connectivity index (χ3v) is 3.63. The Labute approximate surface area is 116 Å². The fraction of sp³-hybridized carbons (Fsp3) is 0.235. The average Bonchev–Trinajstić information content (AvgIpc) is 2.51. The Bertz CT molecular complexity index is 503. The van der Waals surface area contributed by atoms with Gasteiger partial charge in [0, 0.05) is 0 Å². The van der Waals surface area contributed by atoms with Crippen molar-refractivity contribution in [3.8, 4) is 6.07 Å². The van der Waals surface area contributed by atoms with E-state index < -0.39 is 5.41 Å². The highest BCUT2D eigenvalue weighted by atomic mass is 14.4. The van der Waals surface area contributed by atoms with Crippen LogP contribution in [0.5, 0.6) is 0 Å². The third-order valence-electron chi connectivity index (χ3n) is 3.63. The lowest BCUT2D eigenvalue weighted by atomic mass is 9.71. The molecule has 0 aliphatic rings. The maximum Gasteiger partial charge on any atom is 0.107 e. The fourth-order valence-electron chi connectivity index (χ4n) is 2.53. The Balaban J connectivity index is 2.53. The first-order valence-electron chi connectivity index (χ1n) is 6.86. The monoisotopic (exact) mass is 247 g/mol. The zero-order valence-corrected chi connectivity index (χ0v) is 11.3. The second-order valence-electron chi connectivity index (χ2n) is 4.85. The number of nitriles is 1. The van der Waals surface area contributed by atoms with Crippen LogP contribution in [0, 0.1) is 11.3 Å². The molecule has 0 amide bonds. The van der Waals surface area contributed by atoms with Gasteiger partial charge in [-0.25, -0.2) is 0 Å². The molecule has 0 aromatic heterocycles. The summed E-state index contributed by atoms with van der Waals surface area (Å²) in [7, 11) is 2.16. The van der Waals surface area contributed by atoms with E-state index in [1.54, 1.807) is 0 Å². The molecule has 19 heavy (non-hydrogen) atoms. The van der Waals surface area contributed by atoms with Gasteiger partial charge in [-0.3, -0.25) is 0 Å². The second kappa shape index (κ2) is 6.25. The van der Waals surface area contributed by atoms with Gasteiger partial charge in [-0.1, -0.05) is 73.4 Å². The van der Waals surface area contributed by atoms with Gasteiger partial charge in [-0.05, 0) is 17.5 Å². The lowest BCUT2D eigenvalue weighted by Crippen LogP contribution is -2.25. The number of benzene rings is 2. The van der Waals surface area contributed by atoms with Crippen LogP contribution in [0.3, 0.4) is 0 Å². The molecule has 0 atom stereocenters. The molecule has 0 radical (unpaired) electrons. The van der Waals surface area contributed by atoms with Crippen LogP contribution >= 0.6 is 0 Å². The van der Waals surface area contributed by atoms with E-state index in [9.17, 15) is 5.26 Å². The Morgan fingerprint density at radius 2 is 1.37 bits per heavy atom. The van der Waals surface area contributed by atoms with Crippen LogP contribution in [0.1, 0.15) is 24.0 Å². The van der Waals surface area contributed by atoms with Crippen LogP contribution in [0.15, 0.2) is 60.7 Å². The van der Waals surface area contributed by atoms with Crippen molar-refractivity contribution >= 4 is 7.85 Å². The van der Waals surface area contributed by atoms with Gasteiger partial charge < -0.3 is 0 Å². The minimum atomic E-state index is -0.515. The average molecular weight is 247 g/mol. The van der Waals surface area contributed by atoms with Gasteiger partial charge in [0.05, 0.1) is 6.07 Å². The summed E-state index contributed by atoms with van der Waals surface area (Å²) >= 11 is 0. The summed E-state index contributed by atoms with van der Waals surface area (Å²) in [6.45, 7) is 0. The molecule has 0 aliphatic carbocycles. The molecule has 0 bridgehead atoms. The molecular weight excluding hydrogens is 229 g/mol. The van der Waals surface area contributed by atoms with Crippen LogP contribution in [0.2, 0.25) is 6.32 Å². The van der Waals surface area contributed by atoms with Crippen molar-refractivity contribution < 1.29 is 0 Å². The molecule has 2 aromatic rings. The quantitative estimate of drug-likeness (QED) is 0.743. The highest BCUT2D eigenvalue weighted by Crippen LogP contribution is 2.36. The molecule has 94 valence electrons. The Morgan fingerprint density at radius 3 is 1.74 bits per heavy atom. The zero-order valence-electron chi connectivity index (χ0n) is 11.3. The van der Waals surface area contributed by atoms with Gasteiger partial charge in [-0.2, -0.15) is 5.26 Å². The highest BCUT2D eigenvalue weighted by Gasteiger charge is 2.33. The van der Waals surface area contributed by atoms with Crippen LogP contribution in [0.4, 0.5) is 0 Å². The first-order valence-corrected chi connectivity index (χ1v) is 6.86. The summed E-state index contributed by atoms with van der Waals surface area (Å²) in [5, 5.41) is 9.86. The summed E-state index contributed by atoms with van der Waals surface area (Å²) in [6.07, 6.45) is 3.02. The lowest BCUT2D eigenvalue weighted by molar-refractivity contribution is 0.582. The van der Waals surface area contributed by atoms with E-state index in [1.165, 1.54) is 0 Å². The summed E-state index contributed by atoms with van der Waals surface area (Å²) in [5.41, 5.74) is 1.67. The molecule has 0 unspecified atom stereocenters. The van der Waals surface area contributed by atoms with Crippen molar-refractivity contribution in [2.24, 2.45) is 0 Å². The van der Waals surface area contributed by atoms with E-state index in [1.807, 2.05) is 36.4 Å². The van der Waals surface area contributed by atoms with Gasteiger partial charge in [0.15, 0.2) is 0 Å². The third kappa shape index (κ3) is 2.71. The SMILES string of the molecule is BCCCC(C#N)(c1ccccc1)c1ccccc1. The van der Waals surface area contributed by atoms with Gasteiger partial charge in [-0.15, -0.1) is 0 Å². The number of nitrogens with zero attached hydrogens (tertiary/aromatic N) is 1. The second-order valence-corrected chi connectivity index (χ2v) is 4.85. The number of rotatable bonds is 5. The minimum Gasteiger partial charge on any atom is -0.197 e. The molecule has 0 fully saturated rings. The molecule has 2 heteroatoms. The van der Waals surface area contributed by atoms with Crippen molar-refractivity contribution in [1.82, 2.24) is 0 Å². The smallest absolute Gasteiger partial charge is 0.107 e. The molecule has 0 spiro atoms. The maximum absolute atomic E-state index is 9.86. The van der Waals surface area contributed by atoms with Gasteiger partial charge in [0.25, 0.3) is 0 Å². The van der Waals surface area contributed by atoms with Crippen molar-refractivity contribution in [2.45, 2.75) is 24.6 Å². The minimum absolute atomic E-state index is 0.515. The van der Waals surface area contributed by atoms with Crippen LogP contribution in [-0.4, -0.2) is 7.85 Å². The standard InChI is InChI=1S/C17H18BN/c18-13-7-12-17(14-19,15-8-3-1-4-9-15)16-10-5-2-6-11-16/h1-6,8-11H,7,12-13,18H2. The molecule has 2 aromatic carbocycles. The molecule has 0 heterocycles. The molecule has 0 aliphatic heterocycles. The Morgan fingerprint density at radius 1 is 0.895 bits per heavy atom. The van der Waals surface area contributed by atoms with Crippen LogP contribution in [0.25, 0.3) is 0 Å². The summed E-state index contributed by atoms with van der Waals surface area (Å²) in [4.78, 5) is 0. The van der Waals surface area contributed by atoms with E-state index in [0.29, 0.717) is 0 Å². The summed E-state index contributed by atoms with van der Waals surface area (Å²) in [6, 6.07) is 22.9. The Hall–Kier alpha value is -2.01. The van der Waals surface area contributed by atoms with E-state index in [0.717, 1.165) is 30.3 Å². The molecule has 2 rings (SSSR count). The summed E-state index contributed by atoms with van der Waals surface area (Å²) in [5.74, 6) is 0. The number of hydrogen-bond acceptors (Lipinski definition) is 1. The van der Waals surface area contributed by atoms with E-state index in [2.05, 4.69) is 38.2 Å². The maximum atomic E-state index is 9.86. The van der Waals surface area contributed by atoms with Crippen molar-refractivity contribution in [3.05, 3.63) is 71.8 Å².